The minimum Gasteiger partial charge on any atom is -0.510 e. The molecule has 0 saturated carbocycles. The smallest absolute Gasteiger partial charge is 0.256 e. The van der Waals surface area contributed by atoms with Crippen LogP contribution in [-0.2, 0) is 0 Å². The van der Waals surface area contributed by atoms with Gasteiger partial charge in [0.2, 0.25) is 0 Å². The van der Waals surface area contributed by atoms with Gasteiger partial charge in [0.15, 0.2) is 0 Å². The van der Waals surface area contributed by atoms with E-state index in [-0.39, 0.29) is 40.2 Å². The van der Waals surface area contributed by atoms with E-state index in [9.17, 15) is 19.4 Å². The van der Waals surface area contributed by atoms with E-state index in [0.29, 0.717) is 12.0 Å². The Labute approximate surface area is 190 Å². The highest BCUT2D eigenvalue weighted by molar-refractivity contribution is 6.22. The number of rotatable bonds is 7. The SMILES string of the molecule is N=C(C=C(N)c1c(F)cccc1C(=O)N(CO)CC1NC=CC=C1O)C1=CCC(Cl)C=C1. The Bertz CT molecular complexity index is 1060. The molecular formula is C23H24ClFN4O3. The lowest BCUT2D eigenvalue weighted by molar-refractivity contribution is 0.0526. The number of nitrogens with zero attached hydrogens (tertiary/aromatic N) is 1. The first kappa shape index (κ1) is 23.3. The molecule has 0 radical (unpaired) electrons. The average molecular weight is 459 g/mol. The van der Waals surface area contributed by atoms with Gasteiger partial charge in [0.25, 0.3) is 5.91 Å². The van der Waals surface area contributed by atoms with Gasteiger partial charge in [-0.3, -0.25) is 4.79 Å². The zero-order valence-corrected chi connectivity index (χ0v) is 17.9. The number of aliphatic hydroxyl groups is 2. The van der Waals surface area contributed by atoms with Crippen LogP contribution in [0.15, 0.2) is 72.2 Å². The van der Waals surface area contributed by atoms with Crippen LogP contribution >= 0.6 is 11.6 Å². The van der Waals surface area contributed by atoms with Crippen LogP contribution in [0.4, 0.5) is 4.39 Å². The second-order valence-corrected chi connectivity index (χ2v) is 7.85. The number of aliphatic hydroxyl groups excluding tert-OH is 2. The third-order valence-electron chi connectivity index (χ3n) is 5.07. The molecule has 7 nitrogen and oxygen atoms in total. The molecule has 2 unspecified atom stereocenters. The molecule has 1 aromatic rings. The largest absolute Gasteiger partial charge is 0.510 e. The maximum atomic E-state index is 14.8. The molecule has 32 heavy (non-hydrogen) atoms. The lowest BCUT2D eigenvalue weighted by Crippen LogP contribution is -2.44. The molecule has 2 aliphatic rings. The lowest BCUT2D eigenvalue weighted by Gasteiger charge is -2.27. The third kappa shape index (κ3) is 5.27. The van der Waals surface area contributed by atoms with Gasteiger partial charge in [-0.1, -0.05) is 24.3 Å². The number of amides is 1. The third-order valence-corrected chi connectivity index (χ3v) is 5.39. The maximum absolute atomic E-state index is 14.8. The summed E-state index contributed by atoms with van der Waals surface area (Å²) in [5, 5.41) is 30.8. The summed E-state index contributed by atoms with van der Waals surface area (Å²) < 4.78 is 14.8. The van der Waals surface area contributed by atoms with E-state index < -0.39 is 24.5 Å². The molecule has 1 heterocycles. The monoisotopic (exact) mass is 458 g/mol. The van der Waals surface area contributed by atoms with Crippen LogP contribution in [0.3, 0.4) is 0 Å². The van der Waals surface area contributed by atoms with E-state index in [1.165, 1.54) is 30.4 Å². The zero-order valence-electron chi connectivity index (χ0n) is 17.1. The van der Waals surface area contributed by atoms with Gasteiger partial charge in [0.1, 0.15) is 24.3 Å². The van der Waals surface area contributed by atoms with Crippen molar-refractivity contribution < 1.29 is 19.4 Å². The van der Waals surface area contributed by atoms with Crippen LogP contribution in [0.25, 0.3) is 5.70 Å². The van der Waals surface area contributed by atoms with E-state index in [1.54, 1.807) is 30.5 Å². The topological polar surface area (TPSA) is 123 Å². The summed E-state index contributed by atoms with van der Waals surface area (Å²) in [7, 11) is 0. The fourth-order valence-electron chi connectivity index (χ4n) is 3.36. The highest BCUT2D eigenvalue weighted by atomic mass is 35.5. The van der Waals surface area contributed by atoms with E-state index in [1.807, 2.05) is 0 Å². The number of allylic oxidation sites excluding steroid dienone is 7. The minimum atomic E-state index is -0.731. The summed E-state index contributed by atoms with van der Waals surface area (Å²) in [5.41, 5.74) is 6.43. The number of hydrogen-bond donors (Lipinski definition) is 5. The second-order valence-electron chi connectivity index (χ2n) is 7.28. The van der Waals surface area contributed by atoms with Gasteiger partial charge in [-0.2, -0.15) is 0 Å². The van der Waals surface area contributed by atoms with Gasteiger partial charge in [-0.25, -0.2) is 4.39 Å². The molecule has 1 aromatic carbocycles. The molecule has 1 aliphatic carbocycles. The van der Waals surface area contributed by atoms with E-state index >= 15 is 0 Å². The highest BCUT2D eigenvalue weighted by Crippen LogP contribution is 2.23. The number of alkyl halides is 1. The Balaban J connectivity index is 1.88. The molecule has 1 aliphatic heterocycles. The van der Waals surface area contributed by atoms with Crippen molar-refractivity contribution in [2.45, 2.75) is 17.8 Å². The zero-order chi connectivity index (χ0) is 23.3. The number of nitrogens with two attached hydrogens (primary N) is 1. The van der Waals surface area contributed by atoms with Gasteiger partial charge in [0, 0.05) is 11.3 Å². The van der Waals surface area contributed by atoms with Crippen molar-refractivity contribution >= 4 is 28.9 Å². The molecular weight excluding hydrogens is 435 g/mol. The average Bonchev–Trinajstić information content (AvgIpc) is 2.78. The van der Waals surface area contributed by atoms with Crippen molar-refractivity contribution in [1.29, 1.82) is 5.41 Å². The number of halogens is 2. The Kier molecular flexibility index (Phi) is 7.50. The Morgan fingerprint density at radius 3 is 2.88 bits per heavy atom. The van der Waals surface area contributed by atoms with Crippen LogP contribution in [0.1, 0.15) is 22.3 Å². The van der Waals surface area contributed by atoms with Crippen molar-refractivity contribution in [1.82, 2.24) is 10.2 Å². The van der Waals surface area contributed by atoms with Crippen molar-refractivity contribution in [2.24, 2.45) is 5.73 Å². The second kappa shape index (κ2) is 10.3. The summed E-state index contributed by atoms with van der Waals surface area (Å²) in [6.45, 7) is -0.713. The molecule has 0 saturated heterocycles. The molecule has 0 aromatic heterocycles. The summed E-state index contributed by atoms with van der Waals surface area (Å²) >= 11 is 6.01. The normalized spacial score (nSPS) is 20.3. The van der Waals surface area contributed by atoms with Crippen molar-refractivity contribution in [3.8, 4) is 0 Å². The van der Waals surface area contributed by atoms with Crippen LogP contribution in [0.5, 0.6) is 0 Å². The predicted octanol–water partition coefficient (Wildman–Crippen LogP) is 2.96. The summed E-state index contributed by atoms with van der Waals surface area (Å²) in [6, 6.07) is 3.31. The molecule has 168 valence electrons. The molecule has 0 fully saturated rings. The standard InChI is InChI=1S/C23H24ClFN4O3/c24-15-8-6-14(7-9-15)18(26)11-19(27)22-16(3-1-4-17(22)25)23(32)29(13-30)12-20-21(31)5-2-10-28-20/h1-8,10-11,15,20,26,28,30-31H,9,12-13,27H2. The molecule has 2 atom stereocenters. The first-order valence-electron chi connectivity index (χ1n) is 9.91. The number of dihydropyridines is 1. The number of carbonyl (C=O) groups excluding carboxylic acids is 1. The van der Waals surface area contributed by atoms with Crippen molar-refractivity contribution in [3.05, 3.63) is 89.1 Å². The number of benzene rings is 1. The Morgan fingerprint density at radius 1 is 1.44 bits per heavy atom. The summed E-state index contributed by atoms with van der Waals surface area (Å²) in [6.07, 6.45) is 11.8. The number of nitrogens with one attached hydrogen (secondary N) is 2. The fraction of sp³-hybridized carbons (Fsp3) is 0.217. The molecule has 3 rings (SSSR count). The number of hydrogen-bond acceptors (Lipinski definition) is 6. The van der Waals surface area contributed by atoms with E-state index in [4.69, 9.17) is 22.7 Å². The highest BCUT2D eigenvalue weighted by Gasteiger charge is 2.26. The van der Waals surface area contributed by atoms with Gasteiger partial charge < -0.3 is 31.6 Å². The molecule has 1 amide bonds. The van der Waals surface area contributed by atoms with E-state index in [0.717, 1.165) is 4.90 Å². The Hall–Kier alpha value is -3.36. The maximum Gasteiger partial charge on any atom is 0.256 e. The van der Waals surface area contributed by atoms with Crippen molar-refractivity contribution in [2.75, 3.05) is 13.3 Å². The molecule has 0 bridgehead atoms. The van der Waals surface area contributed by atoms with Crippen LogP contribution in [0, 0.1) is 11.2 Å². The van der Waals surface area contributed by atoms with E-state index in [2.05, 4.69) is 5.32 Å². The Morgan fingerprint density at radius 2 is 2.22 bits per heavy atom. The molecule has 6 N–H and O–H groups in total. The van der Waals surface area contributed by atoms with Gasteiger partial charge in [-0.15, -0.1) is 11.6 Å². The van der Waals surface area contributed by atoms with Gasteiger partial charge in [0.05, 0.1) is 23.2 Å². The van der Waals surface area contributed by atoms with Gasteiger partial charge >= 0.3 is 0 Å². The molecule has 9 heteroatoms. The predicted molar refractivity (Wildman–Crippen MR) is 123 cm³/mol. The number of carbonyl (C=O) groups is 1. The molecule has 0 spiro atoms. The minimum absolute atomic E-state index is 0.000861. The van der Waals surface area contributed by atoms with Gasteiger partial charge in [-0.05, 0) is 48.6 Å². The van der Waals surface area contributed by atoms with Crippen molar-refractivity contribution in [3.63, 3.8) is 0 Å². The summed E-state index contributed by atoms with van der Waals surface area (Å²) in [5.74, 6) is -1.40. The van der Waals surface area contributed by atoms with Crippen LogP contribution < -0.4 is 11.1 Å². The summed E-state index contributed by atoms with van der Waals surface area (Å²) in [4.78, 5) is 14.2. The first-order valence-corrected chi connectivity index (χ1v) is 10.3. The fourth-order valence-corrected chi connectivity index (χ4v) is 3.52. The first-order chi connectivity index (χ1) is 15.3. The van der Waals surface area contributed by atoms with Crippen LogP contribution in [0.2, 0.25) is 0 Å². The lowest BCUT2D eigenvalue weighted by atomic mass is 9.98. The van der Waals surface area contributed by atoms with Crippen LogP contribution in [-0.4, -0.2) is 51.4 Å². The quantitative estimate of drug-likeness (QED) is 0.244.